The first-order valence-corrected chi connectivity index (χ1v) is 6.10. The van der Waals surface area contributed by atoms with E-state index in [1.54, 1.807) is 0 Å². The molecule has 3 rings (SSSR count). The predicted molar refractivity (Wildman–Crippen MR) is 69.4 cm³/mol. The molecule has 1 atom stereocenters. The first kappa shape index (κ1) is 10.4. The number of para-hydroxylation sites is 1. The van der Waals surface area contributed by atoms with Crippen LogP contribution in [0, 0.1) is 0 Å². The lowest BCUT2D eigenvalue weighted by molar-refractivity contribution is 0.180. The van der Waals surface area contributed by atoms with E-state index in [2.05, 4.69) is 35.5 Å². The van der Waals surface area contributed by atoms with Gasteiger partial charge in [-0.05, 0) is 18.6 Å². The number of rotatable bonds is 2. The molecule has 1 aromatic rings. The van der Waals surface area contributed by atoms with Crippen molar-refractivity contribution in [2.24, 2.45) is 4.99 Å². The van der Waals surface area contributed by atoms with Crippen LogP contribution in [0.3, 0.4) is 0 Å². The summed E-state index contributed by atoms with van der Waals surface area (Å²) in [6, 6.07) is 8.10. The first-order valence-electron chi connectivity index (χ1n) is 6.10. The second-order valence-electron chi connectivity index (χ2n) is 4.37. The molecule has 0 saturated heterocycles. The third kappa shape index (κ3) is 1.62. The summed E-state index contributed by atoms with van der Waals surface area (Å²) in [5, 5.41) is 3.32. The molecular weight excluding hydrogens is 212 g/mol. The van der Waals surface area contributed by atoms with E-state index in [4.69, 9.17) is 4.74 Å². The molecule has 88 valence electrons. The Hall–Kier alpha value is -1.77. The maximum absolute atomic E-state index is 6.17. The van der Waals surface area contributed by atoms with Gasteiger partial charge in [0, 0.05) is 12.1 Å². The summed E-state index contributed by atoms with van der Waals surface area (Å²) >= 11 is 0. The molecule has 0 fully saturated rings. The van der Waals surface area contributed by atoms with Gasteiger partial charge >= 0.3 is 0 Å². The fraction of sp³-hybridized carbons (Fsp3) is 0.357. The highest BCUT2D eigenvalue weighted by Gasteiger charge is 2.37. The number of aliphatic imine (C=N–C) groups is 1. The zero-order chi connectivity index (χ0) is 11.7. The SMILES string of the molecule is CCC1(C2=NCCN2)C=Cc2ccccc2O1. The lowest BCUT2D eigenvalue weighted by Crippen LogP contribution is -2.48. The summed E-state index contributed by atoms with van der Waals surface area (Å²) < 4.78 is 6.17. The molecule has 1 aromatic carbocycles. The van der Waals surface area contributed by atoms with Crippen LogP contribution in [0.25, 0.3) is 6.08 Å². The van der Waals surface area contributed by atoms with Crippen LogP contribution in [0.4, 0.5) is 0 Å². The van der Waals surface area contributed by atoms with E-state index in [0.29, 0.717) is 0 Å². The van der Waals surface area contributed by atoms with Crippen molar-refractivity contribution in [1.29, 1.82) is 0 Å². The van der Waals surface area contributed by atoms with Crippen molar-refractivity contribution >= 4 is 11.9 Å². The molecule has 0 radical (unpaired) electrons. The van der Waals surface area contributed by atoms with E-state index >= 15 is 0 Å². The van der Waals surface area contributed by atoms with Gasteiger partial charge in [0.1, 0.15) is 11.6 Å². The van der Waals surface area contributed by atoms with Crippen LogP contribution < -0.4 is 10.1 Å². The predicted octanol–water partition coefficient (Wildman–Crippen LogP) is 2.24. The van der Waals surface area contributed by atoms with Gasteiger partial charge in [-0.25, -0.2) is 0 Å². The van der Waals surface area contributed by atoms with Crippen LogP contribution in [0.1, 0.15) is 18.9 Å². The number of fused-ring (bicyclic) bond motifs is 1. The van der Waals surface area contributed by atoms with Crippen LogP contribution >= 0.6 is 0 Å². The minimum absolute atomic E-state index is 0.398. The monoisotopic (exact) mass is 228 g/mol. The van der Waals surface area contributed by atoms with Crippen molar-refractivity contribution in [2.45, 2.75) is 18.9 Å². The van der Waals surface area contributed by atoms with Gasteiger partial charge in [-0.2, -0.15) is 0 Å². The van der Waals surface area contributed by atoms with Crippen molar-refractivity contribution in [3.8, 4) is 5.75 Å². The van der Waals surface area contributed by atoms with E-state index in [0.717, 1.165) is 36.7 Å². The normalized spacial score (nSPS) is 25.8. The number of ether oxygens (including phenoxy) is 1. The molecule has 3 nitrogen and oxygen atoms in total. The average Bonchev–Trinajstić information content (AvgIpc) is 2.92. The Morgan fingerprint density at radius 3 is 3.06 bits per heavy atom. The minimum Gasteiger partial charge on any atom is -0.475 e. The molecule has 0 amide bonds. The maximum atomic E-state index is 6.17. The van der Waals surface area contributed by atoms with E-state index in [-0.39, 0.29) is 0 Å². The Morgan fingerprint density at radius 1 is 1.41 bits per heavy atom. The zero-order valence-corrected chi connectivity index (χ0v) is 9.94. The van der Waals surface area contributed by atoms with Gasteiger partial charge in [-0.3, -0.25) is 4.99 Å². The highest BCUT2D eigenvalue weighted by Crippen LogP contribution is 2.33. The van der Waals surface area contributed by atoms with Crippen molar-refractivity contribution in [3.63, 3.8) is 0 Å². The lowest BCUT2D eigenvalue weighted by Gasteiger charge is -2.34. The number of amidine groups is 1. The Bertz CT molecular complexity index is 493. The molecule has 0 aliphatic carbocycles. The molecule has 1 N–H and O–H groups in total. The minimum atomic E-state index is -0.398. The molecule has 0 bridgehead atoms. The third-order valence-electron chi connectivity index (χ3n) is 3.34. The fourth-order valence-corrected chi connectivity index (χ4v) is 2.33. The largest absolute Gasteiger partial charge is 0.475 e. The molecule has 0 saturated carbocycles. The van der Waals surface area contributed by atoms with Crippen molar-refractivity contribution in [3.05, 3.63) is 35.9 Å². The lowest BCUT2D eigenvalue weighted by atomic mass is 9.94. The Labute approximate surface area is 101 Å². The number of benzene rings is 1. The van der Waals surface area contributed by atoms with Gasteiger partial charge in [0.15, 0.2) is 5.60 Å². The molecule has 2 aliphatic rings. The molecule has 1 unspecified atom stereocenters. The topological polar surface area (TPSA) is 33.6 Å². The van der Waals surface area contributed by atoms with Crippen LogP contribution in [0.15, 0.2) is 35.3 Å². The van der Waals surface area contributed by atoms with Crippen molar-refractivity contribution < 1.29 is 4.74 Å². The van der Waals surface area contributed by atoms with E-state index in [1.807, 2.05) is 18.2 Å². The number of hydrogen-bond donors (Lipinski definition) is 1. The van der Waals surface area contributed by atoms with Crippen molar-refractivity contribution in [2.75, 3.05) is 13.1 Å². The Kier molecular flexibility index (Phi) is 2.39. The average molecular weight is 228 g/mol. The van der Waals surface area contributed by atoms with Crippen LogP contribution in [0.2, 0.25) is 0 Å². The van der Waals surface area contributed by atoms with E-state index in [9.17, 15) is 0 Å². The highest BCUT2D eigenvalue weighted by molar-refractivity contribution is 5.95. The molecule has 0 aromatic heterocycles. The summed E-state index contributed by atoms with van der Waals surface area (Å²) in [6.07, 6.45) is 5.13. The molecule has 2 aliphatic heterocycles. The summed E-state index contributed by atoms with van der Waals surface area (Å²) in [4.78, 5) is 4.50. The Morgan fingerprint density at radius 2 is 2.29 bits per heavy atom. The van der Waals surface area contributed by atoms with Gasteiger partial charge < -0.3 is 10.1 Å². The molecular formula is C14H16N2O. The number of nitrogens with zero attached hydrogens (tertiary/aromatic N) is 1. The second kappa shape index (κ2) is 3.91. The quantitative estimate of drug-likeness (QED) is 0.842. The maximum Gasteiger partial charge on any atom is 0.183 e. The summed E-state index contributed by atoms with van der Waals surface area (Å²) in [6.45, 7) is 3.88. The smallest absolute Gasteiger partial charge is 0.183 e. The van der Waals surface area contributed by atoms with Crippen LogP contribution in [-0.4, -0.2) is 24.5 Å². The second-order valence-corrected chi connectivity index (χ2v) is 4.37. The summed E-state index contributed by atoms with van der Waals surface area (Å²) in [5.41, 5.74) is 0.736. The van der Waals surface area contributed by atoms with Gasteiger partial charge in [-0.1, -0.05) is 31.2 Å². The fourth-order valence-electron chi connectivity index (χ4n) is 2.33. The Balaban J connectivity index is 2.00. The van der Waals surface area contributed by atoms with Crippen LogP contribution in [-0.2, 0) is 0 Å². The van der Waals surface area contributed by atoms with E-state index < -0.39 is 5.60 Å². The standard InChI is InChI=1S/C14H16N2O/c1-2-14(13-15-9-10-16-13)8-7-11-5-3-4-6-12(11)17-14/h3-8H,2,9-10H2,1H3,(H,15,16). The van der Waals surface area contributed by atoms with E-state index in [1.165, 1.54) is 0 Å². The first-order chi connectivity index (χ1) is 8.34. The third-order valence-corrected chi connectivity index (χ3v) is 3.34. The molecule has 17 heavy (non-hydrogen) atoms. The summed E-state index contributed by atoms with van der Waals surface area (Å²) in [5.74, 6) is 1.90. The van der Waals surface area contributed by atoms with Crippen LogP contribution in [0.5, 0.6) is 5.75 Å². The number of hydrogen-bond acceptors (Lipinski definition) is 3. The molecule has 0 spiro atoms. The van der Waals surface area contributed by atoms with Gasteiger partial charge in [0.25, 0.3) is 0 Å². The molecule has 2 heterocycles. The highest BCUT2D eigenvalue weighted by atomic mass is 16.5. The summed E-state index contributed by atoms with van der Waals surface area (Å²) in [7, 11) is 0. The van der Waals surface area contributed by atoms with Gasteiger partial charge in [0.2, 0.25) is 0 Å². The molecule has 3 heteroatoms. The van der Waals surface area contributed by atoms with Crippen molar-refractivity contribution in [1.82, 2.24) is 5.32 Å². The zero-order valence-electron chi connectivity index (χ0n) is 9.94. The number of nitrogens with one attached hydrogen (secondary N) is 1. The van der Waals surface area contributed by atoms with Gasteiger partial charge in [-0.15, -0.1) is 0 Å². The van der Waals surface area contributed by atoms with Gasteiger partial charge in [0.05, 0.1) is 6.54 Å².